The fraction of sp³-hybridized carbons (Fsp3) is 0.615. The molecule has 5 nitrogen and oxygen atoms in total. The predicted octanol–water partition coefficient (Wildman–Crippen LogP) is 0.903. The number of piperidine rings is 1. The van der Waals surface area contributed by atoms with Crippen molar-refractivity contribution in [2.45, 2.75) is 25.4 Å². The predicted molar refractivity (Wildman–Crippen MR) is 69.6 cm³/mol. The van der Waals surface area contributed by atoms with Crippen molar-refractivity contribution in [2.75, 3.05) is 26.2 Å². The van der Waals surface area contributed by atoms with Crippen LogP contribution in [-0.2, 0) is 4.74 Å². The molecule has 3 N–H and O–H groups in total. The number of nitrogens with one attached hydrogen (secondary N) is 3. The highest BCUT2D eigenvalue weighted by Crippen LogP contribution is 2.07. The van der Waals surface area contributed by atoms with Crippen LogP contribution in [0.2, 0.25) is 0 Å². The summed E-state index contributed by atoms with van der Waals surface area (Å²) in [7, 11) is 0. The first-order valence-corrected chi connectivity index (χ1v) is 6.60. The maximum Gasteiger partial charge on any atom is 0.267 e. The Bertz CT molecular complexity index is 345. The minimum Gasteiger partial charge on any atom is -0.378 e. The summed E-state index contributed by atoms with van der Waals surface area (Å²) in [6.45, 7) is 3.47. The van der Waals surface area contributed by atoms with Gasteiger partial charge in [0.25, 0.3) is 5.91 Å². The number of hydrogen-bond donors (Lipinski definition) is 3. The van der Waals surface area contributed by atoms with E-state index in [-0.39, 0.29) is 5.91 Å². The van der Waals surface area contributed by atoms with E-state index in [1.807, 2.05) is 6.07 Å². The summed E-state index contributed by atoms with van der Waals surface area (Å²) in [4.78, 5) is 14.5. The van der Waals surface area contributed by atoms with Crippen LogP contribution in [0.4, 0.5) is 0 Å². The molecule has 0 radical (unpaired) electrons. The largest absolute Gasteiger partial charge is 0.378 e. The maximum atomic E-state index is 11.6. The van der Waals surface area contributed by atoms with Crippen LogP contribution >= 0.6 is 0 Å². The molecule has 0 saturated carbocycles. The van der Waals surface area contributed by atoms with Crippen LogP contribution in [0.5, 0.6) is 0 Å². The number of hydrogen-bond acceptors (Lipinski definition) is 3. The van der Waals surface area contributed by atoms with Gasteiger partial charge in [-0.15, -0.1) is 0 Å². The number of carbonyl (C=O) groups excluding carboxylic acids is 1. The van der Waals surface area contributed by atoms with Crippen LogP contribution < -0.4 is 10.6 Å². The Morgan fingerprint density at radius 2 is 2.28 bits per heavy atom. The lowest BCUT2D eigenvalue weighted by atomic mass is 10.1. The van der Waals surface area contributed by atoms with Gasteiger partial charge in [0.1, 0.15) is 5.69 Å². The third-order valence-corrected chi connectivity index (χ3v) is 3.09. The lowest BCUT2D eigenvalue weighted by molar-refractivity contribution is 0.0317. The summed E-state index contributed by atoms with van der Waals surface area (Å²) in [6, 6.07) is 3.58. The van der Waals surface area contributed by atoms with Gasteiger partial charge in [-0.25, -0.2) is 0 Å². The average Bonchev–Trinajstić information content (AvgIpc) is 2.93. The maximum absolute atomic E-state index is 11.6. The van der Waals surface area contributed by atoms with Crippen LogP contribution in [0, 0.1) is 0 Å². The van der Waals surface area contributed by atoms with Crippen LogP contribution in [0.15, 0.2) is 18.3 Å². The third kappa shape index (κ3) is 4.16. The molecule has 0 bridgehead atoms. The van der Waals surface area contributed by atoms with Crippen molar-refractivity contribution in [1.29, 1.82) is 0 Å². The van der Waals surface area contributed by atoms with Crippen LogP contribution in [0.25, 0.3) is 0 Å². The molecule has 1 aliphatic rings. The Labute approximate surface area is 107 Å². The topological polar surface area (TPSA) is 66.2 Å². The molecule has 1 aliphatic heterocycles. The van der Waals surface area contributed by atoms with Crippen LogP contribution in [0.3, 0.4) is 0 Å². The summed E-state index contributed by atoms with van der Waals surface area (Å²) in [6.07, 6.45) is 5.18. The van der Waals surface area contributed by atoms with E-state index in [2.05, 4.69) is 15.6 Å². The quantitative estimate of drug-likeness (QED) is 0.658. The van der Waals surface area contributed by atoms with Gasteiger partial charge in [-0.1, -0.05) is 0 Å². The lowest BCUT2D eigenvalue weighted by Gasteiger charge is -2.22. The summed E-state index contributed by atoms with van der Waals surface area (Å²) >= 11 is 0. The highest BCUT2D eigenvalue weighted by atomic mass is 16.5. The van der Waals surface area contributed by atoms with Gasteiger partial charge in [0.15, 0.2) is 0 Å². The number of amides is 1. The van der Waals surface area contributed by atoms with E-state index in [1.54, 1.807) is 12.3 Å². The summed E-state index contributed by atoms with van der Waals surface area (Å²) in [5.74, 6) is -0.0538. The highest BCUT2D eigenvalue weighted by Gasteiger charge is 2.12. The van der Waals surface area contributed by atoms with Crippen molar-refractivity contribution in [3.8, 4) is 0 Å². The van der Waals surface area contributed by atoms with Crippen molar-refractivity contribution in [1.82, 2.24) is 15.6 Å². The first-order chi connectivity index (χ1) is 8.86. The lowest BCUT2D eigenvalue weighted by Crippen LogP contribution is -2.33. The summed E-state index contributed by atoms with van der Waals surface area (Å²) < 4.78 is 5.76. The molecule has 2 rings (SSSR count). The Kier molecular flexibility index (Phi) is 5.23. The average molecular weight is 251 g/mol. The van der Waals surface area contributed by atoms with E-state index >= 15 is 0 Å². The van der Waals surface area contributed by atoms with E-state index in [4.69, 9.17) is 4.74 Å². The summed E-state index contributed by atoms with van der Waals surface area (Å²) in [5, 5.41) is 6.17. The molecule has 1 aromatic heterocycles. The molecule has 1 fully saturated rings. The minimum atomic E-state index is -0.0538. The third-order valence-electron chi connectivity index (χ3n) is 3.09. The fourth-order valence-corrected chi connectivity index (χ4v) is 2.05. The van der Waals surface area contributed by atoms with E-state index in [0.717, 1.165) is 39.0 Å². The van der Waals surface area contributed by atoms with Gasteiger partial charge in [0.05, 0.1) is 6.10 Å². The Balaban J connectivity index is 1.52. The molecule has 0 spiro atoms. The first kappa shape index (κ1) is 13.1. The van der Waals surface area contributed by atoms with Gasteiger partial charge in [0.2, 0.25) is 0 Å². The minimum absolute atomic E-state index is 0.0538. The Hall–Kier alpha value is -1.33. The number of H-pyrrole nitrogens is 1. The van der Waals surface area contributed by atoms with E-state index in [9.17, 15) is 4.79 Å². The van der Waals surface area contributed by atoms with Gasteiger partial charge >= 0.3 is 0 Å². The van der Waals surface area contributed by atoms with Gasteiger partial charge in [-0.2, -0.15) is 0 Å². The van der Waals surface area contributed by atoms with Crippen molar-refractivity contribution >= 4 is 5.91 Å². The van der Waals surface area contributed by atoms with Gasteiger partial charge in [0, 0.05) is 19.3 Å². The van der Waals surface area contributed by atoms with Crippen molar-refractivity contribution in [2.24, 2.45) is 0 Å². The van der Waals surface area contributed by atoms with Crippen molar-refractivity contribution in [3.63, 3.8) is 0 Å². The molecule has 0 atom stereocenters. The van der Waals surface area contributed by atoms with Gasteiger partial charge in [-0.05, 0) is 44.5 Å². The van der Waals surface area contributed by atoms with E-state index in [1.165, 1.54) is 0 Å². The van der Waals surface area contributed by atoms with Crippen LogP contribution in [-0.4, -0.2) is 43.2 Å². The molecule has 5 heteroatoms. The van der Waals surface area contributed by atoms with E-state index in [0.29, 0.717) is 18.3 Å². The normalized spacial score (nSPS) is 16.7. The van der Waals surface area contributed by atoms with Gasteiger partial charge in [-0.3, -0.25) is 4.79 Å². The number of aromatic nitrogens is 1. The highest BCUT2D eigenvalue weighted by molar-refractivity contribution is 5.92. The Morgan fingerprint density at radius 1 is 1.44 bits per heavy atom. The second kappa shape index (κ2) is 7.18. The second-order valence-electron chi connectivity index (χ2n) is 4.51. The Morgan fingerprint density at radius 3 is 3.00 bits per heavy atom. The van der Waals surface area contributed by atoms with Crippen LogP contribution in [0.1, 0.15) is 29.8 Å². The molecule has 1 saturated heterocycles. The number of rotatable bonds is 6. The smallest absolute Gasteiger partial charge is 0.267 e. The zero-order valence-corrected chi connectivity index (χ0v) is 10.6. The molecular formula is C13H21N3O2. The molecule has 100 valence electrons. The first-order valence-electron chi connectivity index (χ1n) is 6.60. The molecule has 2 heterocycles. The fourth-order valence-electron chi connectivity index (χ4n) is 2.05. The zero-order chi connectivity index (χ0) is 12.6. The van der Waals surface area contributed by atoms with Gasteiger partial charge < -0.3 is 20.4 Å². The SMILES string of the molecule is O=C(NCCCOC1CCNCC1)c1ccc[nH]1. The number of ether oxygens (including phenoxy) is 1. The van der Waals surface area contributed by atoms with E-state index < -0.39 is 0 Å². The van der Waals surface area contributed by atoms with Crippen molar-refractivity contribution in [3.05, 3.63) is 24.0 Å². The zero-order valence-electron chi connectivity index (χ0n) is 10.6. The molecule has 0 aliphatic carbocycles. The monoisotopic (exact) mass is 251 g/mol. The number of carbonyl (C=O) groups is 1. The molecular weight excluding hydrogens is 230 g/mol. The molecule has 1 aromatic rings. The molecule has 18 heavy (non-hydrogen) atoms. The number of aromatic amines is 1. The molecule has 0 unspecified atom stereocenters. The second-order valence-corrected chi connectivity index (χ2v) is 4.51. The summed E-state index contributed by atoms with van der Waals surface area (Å²) in [5.41, 5.74) is 0.606. The van der Waals surface area contributed by atoms with Crippen molar-refractivity contribution < 1.29 is 9.53 Å². The molecule has 0 aromatic carbocycles. The standard InChI is InChI=1S/C13H21N3O2/c17-13(12-3-1-6-15-12)16-7-2-10-18-11-4-8-14-9-5-11/h1,3,6,11,14-15H,2,4-5,7-10H2,(H,16,17). The molecule has 1 amide bonds.